The van der Waals surface area contributed by atoms with E-state index in [1.54, 1.807) is 28.4 Å². The highest BCUT2D eigenvalue weighted by atomic mass is 32.1. The molecule has 3 heterocycles. The van der Waals surface area contributed by atoms with Crippen molar-refractivity contribution in [1.29, 1.82) is 0 Å². The highest BCUT2D eigenvalue weighted by molar-refractivity contribution is 7.21. The van der Waals surface area contributed by atoms with Crippen LogP contribution in [0.3, 0.4) is 0 Å². The van der Waals surface area contributed by atoms with E-state index in [0.717, 1.165) is 31.9 Å². The summed E-state index contributed by atoms with van der Waals surface area (Å²) in [6.07, 6.45) is 1.91. The monoisotopic (exact) mass is 493 g/mol. The van der Waals surface area contributed by atoms with Gasteiger partial charge in [0.15, 0.2) is 5.76 Å². The van der Waals surface area contributed by atoms with Crippen LogP contribution < -0.4 is 5.32 Å². The molecule has 1 atom stereocenters. The molecule has 3 aromatic carbocycles. The van der Waals surface area contributed by atoms with Gasteiger partial charge in [-0.05, 0) is 72.1 Å². The van der Waals surface area contributed by atoms with E-state index in [2.05, 4.69) is 24.4 Å². The predicted octanol–water partition coefficient (Wildman–Crippen LogP) is 6.07. The Morgan fingerprint density at radius 3 is 2.58 bits per heavy atom. The normalized spacial score (nSPS) is 15.0. The summed E-state index contributed by atoms with van der Waals surface area (Å²) in [5, 5.41) is 3.94. The van der Waals surface area contributed by atoms with E-state index in [1.807, 2.05) is 54.6 Å². The van der Waals surface area contributed by atoms with E-state index in [9.17, 15) is 9.59 Å². The standard InChI is InChI=1S/C29H23N3O3S/c1-18-8-13-23-26(15-18)36-28(31-23)19-9-11-22(12-10-19)30-27(33)24-16-20-5-2-3-6-21(20)17-32(24)29(34)25-7-4-14-35-25/h2-15,24H,16-17H2,1H3,(H,30,33)/t24-/m0/s1. The number of carbonyl (C=O) groups is 2. The lowest BCUT2D eigenvalue weighted by atomic mass is 9.93. The van der Waals surface area contributed by atoms with Gasteiger partial charge in [0.1, 0.15) is 11.0 Å². The van der Waals surface area contributed by atoms with Crippen LogP contribution >= 0.6 is 11.3 Å². The number of nitrogens with zero attached hydrogens (tertiary/aromatic N) is 2. The minimum absolute atomic E-state index is 0.225. The number of fused-ring (bicyclic) bond motifs is 2. The molecule has 7 heteroatoms. The van der Waals surface area contributed by atoms with E-state index >= 15 is 0 Å². The molecule has 178 valence electrons. The fourth-order valence-electron chi connectivity index (χ4n) is 4.59. The molecule has 36 heavy (non-hydrogen) atoms. The molecule has 0 saturated heterocycles. The van der Waals surface area contributed by atoms with E-state index in [0.29, 0.717) is 18.7 Å². The van der Waals surface area contributed by atoms with Crippen LogP contribution in [0.4, 0.5) is 5.69 Å². The summed E-state index contributed by atoms with van der Waals surface area (Å²) < 4.78 is 6.49. The first-order valence-electron chi connectivity index (χ1n) is 11.7. The summed E-state index contributed by atoms with van der Waals surface area (Å²) >= 11 is 1.65. The SMILES string of the molecule is Cc1ccc2nc(-c3ccc(NC(=O)[C@@H]4Cc5ccccc5CN4C(=O)c4ccco4)cc3)sc2c1. The molecule has 2 amide bonds. The molecule has 6 nitrogen and oxygen atoms in total. The number of aryl methyl sites for hydroxylation is 1. The van der Waals surface area contributed by atoms with Crippen molar-refractivity contribution >= 4 is 39.1 Å². The molecule has 1 N–H and O–H groups in total. The zero-order valence-corrected chi connectivity index (χ0v) is 20.4. The Bertz CT molecular complexity index is 1570. The highest BCUT2D eigenvalue weighted by Crippen LogP contribution is 2.32. The van der Waals surface area contributed by atoms with Gasteiger partial charge in [-0.25, -0.2) is 4.98 Å². The van der Waals surface area contributed by atoms with Crippen molar-refractivity contribution in [2.24, 2.45) is 0 Å². The van der Waals surface area contributed by atoms with Crippen molar-refractivity contribution in [3.05, 3.63) is 108 Å². The zero-order valence-electron chi connectivity index (χ0n) is 19.6. The van der Waals surface area contributed by atoms with Crippen molar-refractivity contribution in [2.45, 2.75) is 25.9 Å². The zero-order chi connectivity index (χ0) is 24.6. The number of thiazole rings is 1. The topological polar surface area (TPSA) is 75.4 Å². The van der Waals surface area contributed by atoms with E-state index in [1.165, 1.54) is 11.8 Å². The van der Waals surface area contributed by atoms with Crippen molar-refractivity contribution in [3.63, 3.8) is 0 Å². The fraction of sp³-hybridized carbons (Fsp3) is 0.138. The molecular formula is C29H23N3O3S. The van der Waals surface area contributed by atoms with Crippen molar-refractivity contribution in [2.75, 3.05) is 5.32 Å². The van der Waals surface area contributed by atoms with Crippen LogP contribution in [0.1, 0.15) is 27.2 Å². The van der Waals surface area contributed by atoms with Crippen LogP contribution in [0.15, 0.2) is 89.5 Å². The molecule has 1 aliphatic heterocycles. The smallest absolute Gasteiger partial charge is 0.290 e. The van der Waals surface area contributed by atoms with E-state index in [4.69, 9.17) is 9.40 Å². The number of hydrogen-bond donors (Lipinski definition) is 1. The molecule has 0 spiro atoms. The summed E-state index contributed by atoms with van der Waals surface area (Å²) in [5.41, 5.74) is 5.97. The van der Waals surface area contributed by atoms with E-state index < -0.39 is 6.04 Å². The fourth-order valence-corrected chi connectivity index (χ4v) is 5.66. The minimum atomic E-state index is -0.648. The quantitative estimate of drug-likeness (QED) is 0.330. The molecule has 6 rings (SSSR count). The second kappa shape index (κ2) is 9.09. The molecule has 0 unspecified atom stereocenters. The van der Waals surface area contributed by atoms with Gasteiger partial charge in [0, 0.05) is 24.2 Å². The first-order valence-corrected chi connectivity index (χ1v) is 12.6. The largest absolute Gasteiger partial charge is 0.459 e. The molecule has 0 bridgehead atoms. The molecule has 0 saturated carbocycles. The van der Waals surface area contributed by atoms with Gasteiger partial charge in [0.2, 0.25) is 5.91 Å². The first-order chi connectivity index (χ1) is 17.5. The van der Waals surface area contributed by atoms with Crippen LogP contribution in [0.2, 0.25) is 0 Å². The van der Waals surface area contributed by atoms with Gasteiger partial charge in [-0.2, -0.15) is 0 Å². The second-order valence-electron chi connectivity index (χ2n) is 8.96. The summed E-state index contributed by atoms with van der Waals surface area (Å²) in [7, 11) is 0. The number of amides is 2. The number of aromatic nitrogens is 1. The maximum Gasteiger partial charge on any atom is 0.290 e. The molecule has 2 aromatic heterocycles. The van der Waals surface area contributed by atoms with Crippen molar-refractivity contribution < 1.29 is 14.0 Å². The third kappa shape index (κ3) is 4.18. The third-order valence-electron chi connectivity index (χ3n) is 6.49. The van der Waals surface area contributed by atoms with Gasteiger partial charge in [0.25, 0.3) is 5.91 Å². The van der Waals surface area contributed by atoms with Gasteiger partial charge in [-0.1, -0.05) is 30.3 Å². The van der Waals surface area contributed by atoms with Crippen LogP contribution in [0, 0.1) is 6.92 Å². The lowest BCUT2D eigenvalue weighted by molar-refractivity contribution is -0.121. The Labute approximate surface area is 212 Å². The molecule has 5 aromatic rings. The van der Waals surface area contributed by atoms with Crippen LogP contribution in [0.25, 0.3) is 20.8 Å². The number of hydrogen-bond acceptors (Lipinski definition) is 5. The molecule has 0 radical (unpaired) electrons. The Hall–Kier alpha value is -4.23. The van der Waals surface area contributed by atoms with Crippen molar-refractivity contribution in [1.82, 2.24) is 9.88 Å². The maximum absolute atomic E-state index is 13.4. The average Bonchev–Trinajstić information content (AvgIpc) is 3.58. The molecule has 1 aliphatic rings. The average molecular weight is 494 g/mol. The highest BCUT2D eigenvalue weighted by Gasteiger charge is 2.36. The Morgan fingerprint density at radius 2 is 1.81 bits per heavy atom. The van der Waals surface area contributed by atoms with E-state index in [-0.39, 0.29) is 17.6 Å². The number of nitrogens with one attached hydrogen (secondary N) is 1. The lowest BCUT2D eigenvalue weighted by Gasteiger charge is -2.35. The first kappa shape index (κ1) is 22.2. The van der Waals surface area contributed by atoms with Crippen LogP contribution in [-0.4, -0.2) is 27.7 Å². The maximum atomic E-state index is 13.4. The van der Waals surface area contributed by atoms with Crippen LogP contribution in [0.5, 0.6) is 0 Å². The summed E-state index contributed by atoms with van der Waals surface area (Å²) in [6.45, 7) is 2.42. The third-order valence-corrected chi connectivity index (χ3v) is 7.55. The number of rotatable bonds is 4. The summed E-state index contributed by atoms with van der Waals surface area (Å²) in [6, 6.07) is 24.5. The second-order valence-corrected chi connectivity index (χ2v) is 9.99. The number of carbonyl (C=O) groups excluding carboxylic acids is 2. The molecular weight excluding hydrogens is 470 g/mol. The van der Waals surface area contributed by atoms with Gasteiger partial charge in [-0.15, -0.1) is 11.3 Å². The van der Waals surface area contributed by atoms with Gasteiger partial charge in [-0.3, -0.25) is 9.59 Å². The summed E-state index contributed by atoms with van der Waals surface area (Å²) in [5.74, 6) is -0.300. The van der Waals surface area contributed by atoms with Crippen LogP contribution in [-0.2, 0) is 17.8 Å². The van der Waals surface area contributed by atoms with Gasteiger partial charge < -0.3 is 14.6 Å². The number of benzene rings is 3. The lowest BCUT2D eigenvalue weighted by Crippen LogP contribution is -2.50. The van der Waals surface area contributed by atoms with Gasteiger partial charge >= 0.3 is 0 Å². The molecule has 0 aliphatic carbocycles. The summed E-state index contributed by atoms with van der Waals surface area (Å²) in [4.78, 5) is 32.9. The van der Waals surface area contributed by atoms with Gasteiger partial charge in [0.05, 0.1) is 16.5 Å². The predicted molar refractivity (Wildman–Crippen MR) is 141 cm³/mol. The number of anilines is 1. The minimum Gasteiger partial charge on any atom is -0.459 e. The van der Waals surface area contributed by atoms with Crippen molar-refractivity contribution in [3.8, 4) is 10.6 Å². The Morgan fingerprint density at radius 1 is 1.00 bits per heavy atom. The number of furan rings is 1. The Kier molecular flexibility index (Phi) is 5.62. The Balaban J connectivity index is 1.23. The molecule has 0 fully saturated rings.